The first kappa shape index (κ1) is 19.9. The SMILES string of the molecule is CCCN(CC(=O)N(C)Cc1ccccc1F)C1CCNC1.Cl. The van der Waals surface area contributed by atoms with Gasteiger partial charge in [-0.05, 0) is 32.0 Å². The second-order valence-corrected chi connectivity index (χ2v) is 5.96. The van der Waals surface area contributed by atoms with E-state index >= 15 is 0 Å². The minimum atomic E-state index is -0.257. The monoisotopic (exact) mass is 343 g/mol. The molecule has 1 aliphatic heterocycles. The number of rotatable bonds is 7. The van der Waals surface area contributed by atoms with Crippen molar-refractivity contribution in [2.45, 2.75) is 32.4 Å². The van der Waals surface area contributed by atoms with Crippen molar-refractivity contribution in [2.75, 3.05) is 33.2 Å². The van der Waals surface area contributed by atoms with Crippen LogP contribution in [0.25, 0.3) is 0 Å². The van der Waals surface area contributed by atoms with Crippen molar-refractivity contribution in [1.82, 2.24) is 15.1 Å². The topological polar surface area (TPSA) is 35.6 Å². The lowest BCUT2D eigenvalue weighted by Gasteiger charge is -2.29. The third-order valence-corrected chi connectivity index (χ3v) is 4.19. The quantitative estimate of drug-likeness (QED) is 0.825. The molecule has 1 saturated heterocycles. The van der Waals surface area contributed by atoms with Crippen molar-refractivity contribution in [2.24, 2.45) is 0 Å². The summed E-state index contributed by atoms with van der Waals surface area (Å²) < 4.78 is 13.7. The second-order valence-electron chi connectivity index (χ2n) is 5.96. The molecule has 1 N–H and O–H groups in total. The first-order valence-electron chi connectivity index (χ1n) is 8.04. The van der Waals surface area contributed by atoms with Crippen LogP contribution in [-0.4, -0.2) is 55.0 Å². The van der Waals surface area contributed by atoms with Crippen LogP contribution in [0.3, 0.4) is 0 Å². The first-order valence-corrected chi connectivity index (χ1v) is 8.04. The fourth-order valence-corrected chi connectivity index (χ4v) is 2.89. The largest absolute Gasteiger partial charge is 0.340 e. The van der Waals surface area contributed by atoms with Gasteiger partial charge < -0.3 is 10.2 Å². The smallest absolute Gasteiger partial charge is 0.236 e. The highest BCUT2D eigenvalue weighted by Crippen LogP contribution is 2.12. The number of amides is 1. The minimum absolute atomic E-state index is 0. The summed E-state index contributed by atoms with van der Waals surface area (Å²) in [5.74, 6) is -0.212. The summed E-state index contributed by atoms with van der Waals surface area (Å²) in [5, 5.41) is 3.34. The molecule has 1 amide bonds. The third kappa shape index (κ3) is 5.75. The molecule has 0 aromatic heterocycles. The number of nitrogens with one attached hydrogen (secondary N) is 1. The summed E-state index contributed by atoms with van der Waals surface area (Å²) in [6, 6.07) is 7.05. The predicted molar refractivity (Wildman–Crippen MR) is 93.3 cm³/mol. The Labute approximate surface area is 144 Å². The van der Waals surface area contributed by atoms with Crippen LogP contribution in [0.4, 0.5) is 4.39 Å². The van der Waals surface area contributed by atoms with E-state index in [0.29, 0.717) is 24.7 Å². The summed E-state index contributed by atoms with van der Waals surface area (Å²) in [6.45, 7) is 5.74. The van der Waals surface area contributed by atoms with Gasteiger partial charge in [0.1, 0.15) is 5.82 Å². The van der Waals surface area contributed by atoms with Gasteiger partial charge in [0.25, 0.3) is 0 Å². The van der Waals surface area contributed by atoms with E-state index in [2.05, 4.69) is 17.1 Å². The molecule has 1 unspecified atom stereocenters. The van der Waals surface area contributed by atoms with Gasteiger partial charge in [0.05, 0.1) is 6.54 Å². The fourth-order valence-electron chi connectivity index (χ4n) is 2.89. The molecule has 0 aliphatic carbocycles. The molecule has 0 radical (unpaired) electrons. The van der Waals surface area contributed by atoms with Crippen LogP contribution >= 0.6 is 12.4 Å². The molecule has 6 heteroatoms. The zero-order valence-electron chi connectivity index (χ0n) is 13.9. The maximum atomic E-state index is 13.7. The molecule has 1 heterocycles. The average molecular weight is 344 g/mol. The molecule has 1 aromatic carbocycles. The Morgan fingerprint density at radius 1 is 1.39 bits per heavy atom. The fraction of sp³-hybridized carbons (Fsp3) is 0.588. The highest BCUT2D eigenvalue weighted by atomic mass is 35.5. The molecule has 1 aliphatic rings. The minimum Gasteiger partial charge on any atom is -0.340 e. The van der Waals surface area contributed by atoms with E-state index in [0.717, 1.165) is 32.5 Å². The number of carbonyl (C=O) groups is 1. The molecule has 1 fully saturated rings. The predicted octanol–water partition coefficient (Wildman–Crippen LogP) is 2.28. The van der Waals surface area contributed by atoms with E-state index in [1.54, 1.807) is 30.1 Å². The molecular formula is C17H27ClFN3O. The van der Waals surface area contributed by atoms with Crippen LogP contribution in [0.2, 0.25) is 0 Å². The normalized spacial score (nSPS) is 17.1. The van der Waals surface area contributed by atoms with Crippen LogP contribution in [-0.2, 0) is 11.3 Å². The van der Waals surface area contributed by atoms with Crippen LogP contribution < -0.4 is 5.32 Å². The molecular weight excluding hydrogens is 317 g/mol. The molecule has 0 saturated carbocycles. The van der Waals surface area contributed by atoms with E-state index in [4.69, 9.17) is 0 Å². The molecule has 130 valence electrons. The highest BCUT2D eigenvalue weighted by molar-refractivity contribution is 5.85. The van der Waals surface area contributed by atoms with Gasteiger partial charge in [0, 0.05) is 31.7 Å². The van der Waals surface area contributed by atoms with Crippen molar-refractivity contribution < 1.29 is 9.18 Å². The standard InChI is InChI=1S/C17H26FN3O.ClH/c1-3-10-21(15-8-9-19-11-15)13-17(22)20(2)12-14-6-4-5-7-16(14)18;/h4-7,15,19H,3,8-13H2,1-2H3;1H. The Bertz CT molecular complexity index is 494. The lowest BCUT2D eigenvalue weighted by Crippen LogP contribution is -2.44. The molecule has 1 aromatic rings. The molecule has 0 bridgehead atoms. The van der Waals surface area contributed by atoms with Crippen LogP contribution in [0.5, 0.6) is 0 Å². The number of nitrogens with zero attached hydrogens (tertiary/aromatic N) is 2. The summed E-state index contributed by atoms with van der Waals surface area (Å²) in [5.41, 5.74) is 0.558. The van der Waals surface area contributed by atoms with Gasteiger partial charge in [-0.15, -0.1) is 12.4 Å². The molecule has 0 spiro atoms. The number of benzene rings is 1. The van der Waals surface area contributed by atoms with E-state index in [9.17, 15) is 9.18 Å². The summed E-state index contributed by atoms with van der Waals surface area (Å²) in [4.78, 5) is 16.3. The Balaban J connectivity index is 0.00000264. The van der Waals surface area contributed by atoms with Gasteiger partial charge in [-0.1, -0.05) is 25.1 Å². The van der Waals surface area contributed by atoms with Gasteiger partial charge in [-0.25, -0.2) is 4.39 Å². The zero-order valence-corrected chi connectivity index (χ0v) is 14.7. The van der Waals surface area contributed by atoms with Crippen molar-refractivity contribution in [3.05, 3.63) is 35.6 Å². The number of hydrogen-bond donors (Lipinski definition) is 1. The molecule has 1 atom stereocenters. The summed E-state index contributed by atoms with van der Waals surface area (Å²) in [6.07, 6.45) is 2.12. The lowest BCUT2D eigenvalue weighted by molar-refractivity contribution is -0.132. The Morgan fingerprint density at radius 2 is 2.13 bits per heavy atom. The Morgan fingerprint density at radius 3 is 2.74 bits per heavy atom. The van der Waals surface area contributed by atoms with Crippen LogP contribution in [0.15, 0.2) is 24.3 Å². The van der Waals surface area contributed by atoms with E-state index < -0.39 is 0 Å². The van der Waals surface area contributed by atoms with E-state index in [1.807, 2.05) is 0 Å². The van der Waals surface area contributed by atoms with Crippen molar-refractivity contribution in [1.29, 1.82) is 0 Å². The lowest BCUT2D eigenvalue weighted by atomic mass is 10.2. The molecule has 4 nitrogen and oxygen atoms in total. The number of likely N-dealkylation sites (N-methyl/N-ethyl adjacent to an activating group) is 1. The van der Waals surface area contributed by atoms with Gasteiger partial charge in [0.2, 0.25) is 5.91 Å². The maximum Gasteiger partial charge on any atom is 0.236 e. The zero-order chi connectivity index (χ0) is 15.9. The first-order chi connectivity index (χ1) is 10.6. The van der Waals surface area contributed by atoms with Crippen molar-refractivity contribution in [3.63, 3.8) is 0 Å². The van der Waals surface area contributed by atoms with Crippen LogP contribution in [0, 0.1) is 5.82 Å². The number of carbonyl (C=O) groups excluding carboxylic acids is 1. The highest BCUT2D eigenvalue weighted by Gasteiger charge is 2.24. The van der Waals surface area contributed by atoms with E-state index in [1.165, 1.54) is 6.07 Å². The summed E-state index contributed by atoms with van der Waals surface area (Å²) >= 11 is 0. The van der Waals surface area contributed by atoms with Crippen molar-refractivity contribution in [3.8, 4) is 0 Å². The van der Waals surface area contributed by atoms with Gasteiger partial charge in [0.15, 0.2) is 0 Å². The number of halogens is 2. The average Bonchev–Trinajstić information content (AvgIpc) is 3.03. The summed E-state index contributed by atoms with van der Waals surface area (Å²) in [7, 11) is 1.74. The van der Waals surface area contributed by atoms with E-state index in [-0.39, 0.29) is 24.1 Å². The van der Waals surface area contributed by atoms with Gasteiger partial charge in [-0.3, -0.25) is 9.69 Å². The Hall–Kier alpha value is -1.17. The number of hydrogen-bond acceptors (Lipinski definition) is 3. The van der Waals surface area contributed by atoms with Gasteiger partial charge >= 0.3 is 0 Å². The molecule has 2 rings (SSSR count). The van der Waals surface area contributed by atoms with Gasteiger partial charge in [-0.2, -0.15) is 0 Å². The van der Waals surface area contributed by atoms with Crippen molar-refractivity contribution >= 4 is 18.3 Å². The maximum absolute atomic E-state index is 13.7. The molecule has 23 heavy (non-hydrogen) atoms. The van der Waals surface area contributed by atoms with Crippen LogP contribution in [0.1, 0.15) is 25.3 Å². The second kappa shape index (κ2) is 9.85. The third-order valence-electron chi connectivity index (χ3n) is 4.19. The Kier molecular flexibility index (Phi) is 8.52.